The fraction of sp³-hybridized carbons (Fsp3) is 0.364. The lowest BCUT2D eigenvalue weighted by molar-refractivity contribution is 0.160. The van der Waals surface area contributed by atoms with Crippen molar-refractivity contribution in [3.05, 3.63) is 70.7 Å². The number of nitrogens with zero attached hydrogens (tertiary/aromatic N) is 2. The van der Waals surface area contributed by atoms with Gasteiger partial charge in [-0.1, -0.05) is 23.8 Å². The van der Waals surface area contributed by atoms with Crippen molar-refractivity contribution in [2.24, 2.45) is 0 Å². The Labute approximate surface area is 153 Å². The van der Waals surface area contributed by atoms with Gasteiger partial charge in [-0.2, -0.15) is 0 Å². The first kappa shape index (κ1) is 17.2. The van der Waals surface area contributed by atoms with Gasteiger partial charge in [0.05, 0.1) is 6.54 Å². The summed E-state index contributed by atoms with van der Waals surface area (Å²) >= 11 is 0. The van der Waals surface area contributed by atoms with E-state index >= 15 is 4.39 Å². The summed E-state index contributed by atoms with van der Waals surface area (Å²) in [6.07, 6.45) is 0.984. The fourth-order valence-corrected chi connectivity index (χ4v) is 4.05. The van der Waals surface area contributed by atoms with Crippen LogP contribution in [-0.2, 0) is 25.2 Å². The second-order valence-electron chi connectivity index (χ2n) is 7.72. The number of hydrogen-bond donors (Lipinski definition) is 0. The number of likely N-dealkylation sites (N-methyl/N-ethyl adjacent to an activating group) is 1. The van der Waals surface area contributed by atoms with Crippen LogP contribution in [0.25, 0.3) is 10.9 Å². The molecule has 0 aliphatic carbocycles. The molecule has 0 saturated heterocycles. The third kappa shape index (κ3) is 2.92. The maximum Gasteiger partial charge on any atom is 0.151 e. The smallest absolute Gasteiger partial charge is 0.151 e. The maximum atomic E-state index is 15.6. The lowest BCUT2D eigenvalue weighted by Gasteiger charge is -2.28. The second-order valence-corrected chi connectivity index (χ2v) is 7.72. The van der Waals surface area contributed by atoms with Crippen LogP contribution in [-0.4, -0.2) is 23.1 Å². The third-order valence-electron chi connectivity index (χ3n) is 5.51. The summed E-state index contributed by atoms with van der Waals surface area (Å²) in [7, 11) is 2.10. The van der Waals surface area contributed by atoms with Crippen molar-refractivity contribution < 1.29 is 8.78 Å². The number of aryl methyl sites for hydroxylation is 1. The van der Waals surface area contributed by atoms with Gasteiger partial charge in [-0.25, -0.2) is 8.78 Å². The summed E-state index contributed by atoms with van der Waals surface area (Å²) in [5.41, 5.74) is 3.78. The van der Waals surface area contributed by atoms with Gasteiger partial charge in [0.1, 0.15) is 5.82 Å². The van der Waals surface area contributed by atoms with Gasteiger partial charge in [0, 0.05) is 29.7 Å². The monoisotopic (exact) mass is 354 g/mol. The molecule has 0 N–H and O–H groups in total. The Hall–Kier alpha value is -2.20. The van der Waals surface area contributed by atoms with Gasteiger partial charge in [0.25, 0.3) is 0 Å². The van der Waals surface area contributed by atoms with Gasteiger partial charge in [-0.05, 0) is 62.7 Å². The number of halogens is 2. The van der Waals surface area contributed by atoms with Crippen LogP contribution in [0.3, 0.4) is 0 Å². The first-order valence-electron chi connectivity index (χ1n) is 9.09. The first-order valence-corrected chi connectivity index (χ1v) is 9.09. The number of fused-ring (bicyclic) bond motifs is 3. The van der Waals surface area contributed by atoms with E-state index in [1.165, 1.54) is 34.3 Å². The van der Waals surface area contributed by atoms with Gasteiger partial charge >= 0.3 is 0 Å². The molecule has 4 heteroatoms. The largest absolute Gasteiger partial charge is 0.339 e. The average molecular weight is 354 g/mol. The summed E-state index contributed by atoms with van der Waals surface area (Å²) in [5, 5.41) is 1.24. The van der Waals surface area contributed by atoms with Crippen molar-refractivity contribution in [2.75, 3.05) is 13.6 Å². The van der Waals surface area contributed by atoms with Gasteiger partial charge < -0.3 is 9.47 Å². The molecule has 0 radical (unpaired) electrons. The Balaban J connectivity index is 1.83. The highest BCUT2D eigenvalue weighted by Crippen LogP contribution is 2.35. The van der Waals surface area contributed by atoms with E-state index in [0.717, 1.165) is 25.0 Å². The van der Waals surface area contributed by atoms with Crippen LogP contribution in [0.4, 0.5) is 8.78 Å². The summed E-state index contributed by atoms with van der Waals surface area (Å²) in [4.78, 5) is 2.28. The molecule has 0 amide bonds. The summed E-state index contributed by atoms with van der Waals surface area (Å²) in [5.74, 6) is -0.342. The molecule has 0 fully saturated rings. The minimum absolute atomic E-state index is 0.224. The Kier molecular flexibility index (Phi) is 4.11. The Morgan fingerprint density at radius 1 is 1.12 bits per heavy atom. The van der Waals surface area contributed by atoms with Crippen LogP contribution in [0, 0.1) is 12.7 Å². The van der Waals surface area contributed by atoms with Gasteiger partial charge in [0.2, 0.25) is 0 Å². The molecule has 3 aromatic rings. The topological polar surface area (TPSA) is 8.17 Å². The molecular formula is C22H24F2N2. The number of aromatic nitrogens is 1. The van der Waals surface area contributed by atoms with Crippen LogP contribution in [0.1, 0.15) is 29.3 Å². The van der Waals surface area contributed by atoms with Gasteiger partial charge in [-0.15, -0.1) is 0 Å². The molecule has 2 nitrogen and oxygen atoms in total. The van der Waals surface area contributed by atoms with E-state index in [2.05, 4.69) is 41.6 Å². The zero-order chi connectivity index (χ0) is 18.5. The van der Waals surface area contributed by atoms with Crippen molar-refractivity contribution in [1.82, 2.24) is 9.47 Å². The predicted molar refractivity (Wildman–Crippen MR) is 102 cm³/mol. The maximum absolute atomic E-state index is 15.6. The van der Waals surface area contributed by atoms with E-state index in [9.17, 15) is 4.39 Å². The molecule has 2 aromatic carbocycles. The highest BCUT2D eigenvalue weighted by atomic mass is 19.1. The molecular weight excluding hydrogens is 330 g/mol. The third-order valence-corrected chi connectivity index (χ3v) is 5.51. The van der Waals surface area contributed by atoms with Crippen LogP contribution in [0.2, 0.25) is 0 Å². The molecule has 2 heterocycles. The molecule has 26 heavy (non-hydrogen) atoms. The SMILES string of the molecule is Cc1ccc2c(c1)c1c(n2CC(C)(F)c2ccc(F)cc2)CN(C)CC1. The minimum atomic E-state index is -1.58. The number of hydrogen-bond acceptors (Lipinski definition) is 1. The molecule has 0 saturated carbocycles. The highest BCUT2D eigenvalue weighted by molar-refractivity contribution is 5.86. The normalized spacial score (nSPS) is 17.3. The molecule has 1 aliphatic rings. The highest BCUT2D eigenvalue weighted by Gasteiger charge is 2.30. The lowest BCUT2D eigenvalue weighted by atomic mass is 9.97. The molecule has 1 atom stereocenters. The van der Waals surface area contributed by atoms with Crippen LogP contribution < -0.4 is 0 Å². The predicted octanol–water partition coefficient (Wildman–Crippen LogP) is 4.96. The van der Waals surface area contributed by atoms with E-state index in [4.69, 9.17) is 0 Å². The van der Waals surface area contributed by atoms with Crippen LogP contribution in [0.15, 0.2) is 42.5 Å². The number of rotatable bonds is 3. The van der Waals surface area contributed by atoms with Crippen LogP contribution in [0.5, 0.6) is 0 Å². The Morgan fingerprint density at radius 3 is 2.58 bits per heavy atom. The summed E-state index contributed by atoms with van der Waals surface area (Å²) in [6, 6.07) is 12.1. The number of alkyl halides is 1. The van der Waals surface area contributed by atoms with E-state index in [0.29, 0.717) is 5.56 Å². The second kappa shape index (κ2) is 6.20. The zero-order valence-corrected chi connectivity index (χ0v) is 15.5. The quantitative estimate of drug-likeness (QED) is 0.645. The van der Waals surface area contributed by atoms with Crippen molar-refractivity contribution in [1.29, 1.82) is 0 Å². The molecule has 0 spiro atoms. The molecule has 1 unspecified atom stereocenters. The average Bonchev–Trinajstić information content (AvgIpc) is 2.87. The van der Waals surface area contributed by atoms with E-state index in [1.807, 2.05) is 0 Å². The van der Waals surface area contributed by atoms with Crippen molar-refractivity contribution >= 4 is 10.9 Å². The molecule has 1 aliphatic heterocycles. The van der Waals surface area contributed by atoms with Crippen LogP contribution >= 0.6 is 0 Å². The minimum Gasteiger partial charge on any atom is -0.339 e. The zero-order valence-electron chi connectivity index (χ0n) is 15.5. The van der Waals surface area contributed by atoms with E-state index in [1.54, 1.807) is 19.1 Å². The Morgan fingerprint density at radius 2 is 1.85 bits per heavy atom. The fourth-order valence-electron chi connectivity index (χ4n) is 4.05. The molecule has 1 aromatic heterocycles. The molecule has 4 rings (SSSR count). The van der Waals surface area contributed by atoms with Gasteiger partial charge in [0.15, 0.2) is 5.67 Å². The number of benzene rings is 2. The van der Waals surface area contributed by atoms with E-state index < -0.39 is 5.67 Å². The molecule has 0 bridgehead atoms. The summed E-state index contributed by atoms with van der Waals surface area (Å²) < 4.78 is 31.0. The summed E-state index contributed by atoms with van der Waals surface area (Å²) in [6.45, 7) is 5.74. The first-order chi connectivity index (χ1) is 12.3. The molecule has 136 valence electrons. The van der Waals surface area contributed by atoms with Crippen molar-refractivity contribution in [3.63, 3.8) is 0 Å². The van der Waals surface area contributed by atoms with E-state index in [-0.39, 0.29) is 12.4 Å². The van der Waals surface area contributed by atoms with Gasteiger partial charge in [-0.3, -0.25) is 0 Å². The standard InChI is InChI=1S/C22H24F2N2/c1-15-4-9-20-19(12-15)18-10-11-25(3)13-21(18)26(20)14-22(2,24)16-5-7-17(23)8-6-16/h4-9,12H,10-11,13-14H2,1-3H3. The van der Waals surface area contributed by atoms with Crippen molar-refractivity contribution in [2.45, 2.75) is 39.0 Å². The lowest BCUT2D eigenvalue weighted by Crippen LogP contribution is -2.30. The van der Waals surface area contributed by atoms with Crippen molar-refractivity contribution in [3.8, 4) is 0 Å². The Bertz CT molecular complexity index is 954.